The zero-order valence-corrected chi connectivity index (χ0v) is 24.4. The lowest BCUT2D eigenvalue weighted by Gasteiger charge is -2.68. The fraction of sp³-hybridized carbons (Fsp3) is 0.781. The number of ether oxygens (including phenoxy) is 4. The van der Waals surface area contributed by atoms with E-state index in [2.05, 4.69) is 20.8 Å². The largest absolute Gasteiger partial charge is 0.472 e. The van der Waals surface area contributed by atoms with E-state index in [0.29, 0.717) is 25.2 Å². The van der Waals surface area contributed by atoms with E-state index in [0.717, 1.165) is 18.4 Å². The molecule has 0 aromatic carbocycles. The van der Waals surface area contributed by atoms with Crippen LogP contribution in [0.3, 0.4) is 0 Å². The molecule has 0 unspecified atom stereocenters. The third kappa shape index (κ3) is 2.74. The molecule has 4 saturated heterocycles. The number of ketones is 1. The van der Waals surface area contributed by atoms with Crippen LogP contribution in [-0.2, 0) is 33.3 Å². The molecule has 1 aromatic rings. The highest BCUT2D eigenvalue weighted by Crippen LogP contribution is 2.82. The van der Waals surface area contributed by atoms with Crippen molar-refractivity contribution in [2.45, 2.75) is 102 Å². The summed E-state index contributed by atoms with van der Waals surface area (Å²) in [5, 5.41) is 12.3. The number of esters is 2. The highest BCUT2D eigenvalue weighted by molar-refractivity contribution is 5.92. The summed E-state index contributed by atoms with van der Waals surface area (Å²) in [7, 11) is 0. The molecule has 9 heteroatoms. The summed E-state index contributed by atoms with van der Waals surface area (Å²) < 4.78 is 31.0. The van der Waals surface area contributed by atoms with Crippen molar-refractivity contribution in [2.24, 2.45) is 45.8 Å². The van der Waals surface area contributed by atoms with Crippen LogP contribution in [0.25, 0.3) is 0 Å². The number of epoxide rings is 1. The number of aliphatic hydroxyl groups is 1. The van der Waals surface area contributed by atoms with Crippen molar-refractivity contribution in [1.29, 1.82) is 0 Å². The van der Waals surface area contributed by atoms with Gasteiger partial charge >= 0.3 is 11.9 Å². The molecular weight excluding hydrogens is 528 g/mol. The molecule has 7 aliphatic rings. The molecule has 8 rings (SSSR count). The minimum Gasteiger partial charge on any atom is -0.472 e. The number of rotatable bonds is 4. The minimum atomic E-state index is -1.37. The molecule has 2 bridgehead atoms. The quantitative estimate of drug-likeness (QED) is 0.427. The smallest absolute Gasteiger partial charge is 0.339 e. The van der Waals surface area contributed by atoms with Crippen molar-refractivity contribution in [3.8, 4) is 0 Å². The summed E-state index contributed by atoms with van der Waals surface area (Å²) in [6, 6.07) is 1.80. The van der Waals surface area contributed by atoms with Gasteiger partial charge in [-0.1, -0.05) is 27.7 Å². The van der Waals surface area contributed by atoms with Crippen molar-refractivity contribution in [3.05, 3.63) is 24.2 Å². The molecule has 1 N–H and O–H groups in total. The Bertz CT molecular complexity index is 1340. The van der Waals surface area contributed by atoms with Crippen LogP contribution < -0.4 is 0 Å². The maximum Gasteiger partial charge on any atom is 0.339 e. The highest BCUT2D eigenvalue weighted by atomic mass is 16.7. The first-order valence-electron chi connectivity index (χ1n) is 15.3. The van der Waals surface area contributed by atoms with Gasteiger partial charge in [0.1, 0.15) is 24.4 Å². The maximum atomic E-state index is 14.8. The summed E-state index contributed by atoms with van der Waals surface area (Å²) in [5.41, 5.74) is -3.91. The lowest BCUT2D eigenvalue weighted by atomic mass is 9.34. The molecule has 2 spiro atoms. The number of Topliss-reactive ketones (excluding diaryl/α,β-unsaturated/α-hetero) is 1. The average molecular weight is 569 g/mol. The Hall–Kier alpha value is -2.23. The second-order valence-electron chi connectivity index (χ2n) is 15.2. The first-order valence-corrected chi connectivity index (χ1v) is 15.3. The Morgan fingerprint density at radius 3 is 2.54 bits per heavy atom. The molecule has 41 heavy (non-hydrogen) atoms. The van der Waals surface area contributed by atoms with E-state index in [4.69, 9.17) is 23.4 Å². The summed E-state index contributed by atoms with van der Waals surface area (Å²) in [6.45, 7) is 10.4. The molecule has 13 atom stereocenters. The third-order valence-electron chi connectivity index (χ3n) is 12.9. The van der Waals surface area contributed by atoms with Crippen molar-refractivity contribution in [3.63, 3.8) is 0 Å². The van der Waals surface area contributed by atoms with Crippen LogP contribution in [0.2, 0.25) is 0 Å². The van der Waals surface area contributed by atoms with Crippen LogP contribution >= 0.6 is 0 Å². The van der Waals surface area contributed by atoms with E-state index >= 15 is 0 Å². The lowest BCUT2D eigenvalue weighted by molar-refractivity contribution is -0.266. The van der Waals surface area contributed by atoms with Gasteiger partial charge in [-0.25, -0.2) is 4.79 Å². The predicted molar refractivity (Wildman–Crippen MR) is 141 cm³/mol. The zero-order valence-electron chi connectivity index (χ0n) is 24.4. The number of furan rings is 1. The topological polar surface area (TPSA) is 125 Å². The molecular formula is C32H40O9. The summed E-state index contributed by atoms with van der Waals surface area (Å²) in [4.78, 5) is 41.5. The molecule has 3 aliphatic carbocycles. The number of carbonyl (C=O) groups excluding carboxylic acids is 3. The third-order valence-corrected chi connectivity index (χ3v) is 12.9. The zero-order chi connectivity index (χ0) is 28.9. The molecule has 1 aromatic heterocycles. The number of carbonyl (C=O) groups is 3. The van der Waals surface area contributed by atoms with E-state index in [-0.39, 0.29) is 30.2 Å². The van der Waals surface area contributed by atoms with Gasteiger partial charge in [-0.3, -0.25) is 9.59 Å². The highest BCUT2D eigenvalue weighted by Gasteiger charge is 2.92. The van der Waals surface area contributed by atoms with E-state index in [1.165, 1.54) is 0 Å². The van der Waals surface area contributed by atoms with Crippen LogP contribution in [0.1, 0.15) is 78.4 Å². The van der Waals surface area contributed by atoms with Gasteiger partial charge in [0, 0.05) is 21.8 Å². The predicted octanol–water partition coefficient (Wildman–Crippen LogP) is 3.77. The van der Waals surface area contributed by atoms with Crippen molar-refractivity contribution in [2.75, 3.05) is 6.61 Å². The van der Waals surface area contributed by atoms with E-state index in [9.17, 15) is 19.5 Å². The van der Waals surface area contributed by atoms with Crippen molar-refractivity contribution < 1.29 is 42.9 Å². The summed E-state index contributed by atoms with van der Waals surface area (Å²) in [6.07, 6.45) is 3.22. The van der Waals surface area contributed by atoms with E-state index in [1.54, 1.807) is 18.6 Å². The average Bonchev–Trinajstić information content (AvgIpc) is 3.41. The summed E-state index contributed by atoms with van der Waals surface area (Å²) >= 11 is 0. The Morgan fingerprint density at radius 2 is 1.83 bits per heavy atom. The Labute approximate surface area is 239 Å². The van der Waals surface area contributed by atoms with Gasteiger partial charge < -0.3 is 28.5 Å². The number of hydrogen-bond donors (Lipinski definition) is 1. The molecule has 0 amide bonds. The molecule has 7 fully saturated rings. The van der Waals surface area contributed by atoms with Gasteiger partial charge in [-0.2, -0.15) is 0 Å². The lowest BCUT2D eigenvalue weighted by Crippen LogP contribution is -2.78. The standard InChI is InChI=1S/C32H40O9/c1-15(2)8-10-29(4)21-19(33)22(34)30(5)20-16(6-7-18-24(40-29)31(20,21)14-38-26(18)35)12-28(3)23(17-9-11-37-13-17)39-27(36)25-32(28,30)41-25/h9,11,13,15-16,18,20-25,34H,6-8,10,12,14H2,1-5H3/t16-,18+,20+,21-,22-,23+,24+,25-,28+,29+,30+,31-,32-/m1/s1. The Morgan fingerprint density at radius 1 is 1.05 bits per heavy atom. The SMILES string of the molecule is CC(C)CC[C@]1(C)O[C@H]2[C@@H]3CC[C@@H]4C[C@@]5(C)[C@H](c6ccoc6)OC(=O)[C@H]6O[C@]65[C@]5(C)[C@H](O)C(=O)[C@H]1[C@@]2(COC3=O)[C@@H]45. The fourth-order valence-electron chi connectivity index (χ4n) is 11.6. The van der Waals surface area contributed by atoms with Gasteiger partial charge in [-0.15, -0.1) is 0 Å². The van der Waals surface area contributed by atoms with Gasteiger partial charge in [0.2, 0.25) is 0 Å². The summed E-state index contributed by atoms with van der Waals surface area (Å²) in [5.74, 6) is -1.95. The van der Waals surface area contributed by atoms with Gasteiger partial charge in [0.05, 0.1) is 36.1 Å². The number of hydrogen-bond acceptors (Lipinski definition) is 9. The van der Waals surface area contributed by atoms with Crippen LogP contribution in [0, 0.1) is 45.8 Å². The molecule has 3 saturated carbocycles. The van der Waals surface area contributed by atoms with Crippen LogP contribution in [0.5, 0.6) is 0 Å². The Balaban J connectivity index is 1.36. The van der Waals surface area contributed by atoms with E-state index < -0.39 is 69.7 Å². The van der Waals surface area contributed by atoms with Gasteiger partial charge in [0.25, 0.3) is 0 Å². The first kappa shape index (κ1) is 26.4. The Kier molecular flexibility index (Phi) is 5.04. The van der Waals surface area contributed by atoms with E-state index in [1.807, 2.05) is 13.8 Å². The minimum absolute atomic E-state index is 0.0231. The number of cyclic esters (lactones) is 2. The first-order chi connectivity index (χ1) is 19.4. The van der Waals surface area contributed by atoms with Crippen molar-refractivity contribution in [1.82, 2.24) is 0 Å². The number of aliphatic hydroxyl groups excluding tert-OH is 1. The van der Waals surface area contributed by atoms with Crippen LogP contribution in [-0.4, -0.2) is 58.9 Å². The van der Waals surface area contributed by atoms with Crippen LogP contribution in [0.15, 0.2) is 23.0 Å². The molecule has 9 nitrogen and oxygen atoms in total. The fourth-order valence-corrected chi connectivity index (χ4v) is 11.6. The van der Waals surface area contributed by atoms with Crippen molar-refractivity contribution >= 4 is 17.7 Å². The molecule has 5 heterocycles. The molecule has 4 aliphatic heterocycles. The molecule has 222 valence electrons. The monoisotopic (exact) mass is 568 g/mol. The molecule has 0 radical (unpaired) electrons. The maximum absolute atomic E-state index is 14.8. The second-order valence-corrected chi connectivity index (χ2v) is 15.2. The van der Waals surface area contributed by atoms with Gasteiger partial charge in [0.15, 0.2) is 11.9 Å². The normalized spacial score (nSPS) is 54.5. The van der Waals surface area contributed by atoms with Crippen LogP contribution in [0.4, 0.5) is 0 Å². The second kappa shape index (κ2) is 7.83. The van der Waals surface area contributed by atoms with Gasteiger partial charge in [-0.05, 0) is 62.8 Å².